The van der Waals surface area contributed by atoms with E-state index < -0.39 is 24.3 Å². The standard InChI is InChI=1S/C18H23N3O6/c1-2-5-12(8-18(27-21)16(24)11-25-19)17(26-20)9-15(23)14-7-4-3-6-13(14)10-22/h2-7,9,18,22H,1,8,10-11,19-21H2/b12-5-,17-9-. The summed E-state index contributed by atoms with van der Waals surface area (Å²) in [5.41, 5.74) is 1.07. The van der Waals surface area contributed by atoms with Crippen molar-refractivity contribution in [2.24, 2.45) is 17.7 Å². The molecular formula is C18H23N3O6. The maximum absolute atomic E-state index is 12.6. The summed E-state index contributed by atoms with van der Waals surface area (Å²) in [7, 11) is 0. The van der Waals surface area contributed by atoms with Gasteiger partial charge in [0, 0.05) is 18.1 Å². The van der Waals surface area contributed by atoms with Crippen LogP contribution in [0.15, 0.2) is 60.4 Å². The first-order valence-corrected chi connectivity index (χ1v) is 7.85. The van der Waals surface area contributed by atoms with E-state index in [1.807, 2.05) is 0 Å². The average molecular weight is 377 g/mol. The summed E-state index contributed by atoms with van der Waals surface area (Å²) in [6.45, 7) is 2.86. The predicted octanol–water partition coefficient (Wildman–Crippen LogP) is 0.357. The van der Waals surface area contributed by atoms with Gasteiger partial charge in [0.05, 0.1) is 6.61 Å². The summed E-state index contributed by atoms with van der Waals surface area (Å²) in [5, 5.41) is 9.37. The summed E-state index contributed by atoms with van der Waals surface area (Å²) >= 11 is 0. The second-order valence-electron chi connectivity index (χ2n) is 5.34. The number of allylic oxidation sites excluding steroid dienone is 4. The van der Waals surface area contributed by atoms with Crippen molar-refractivity contribution < 1.29 is 29.2 Å². The molecule has 1 aromatic carbocycles. The molecule has 146 valence electrons. The average Bonchev–Trinajstić information content (AvgIpc) is 2.69. The number of benzene rings is 1. The van der Waals surface area contributed by atoms with Crippen molar-refractivity contribution in [3.05, 3.63) is 71.5 Å². The highest BCUT2D eigenvalue weighted by Gasteiger charge is 2.23. The lowest BCUT2D eigenvalue weighted by Gasteiger charge is -2.16. The fourth-order valence-corrected chi connectivity index (χ4v) is 2.30. The molecule has 0 heterocycles. The lowest BCUT2D eigenvalue weighted by atomic mass is 9.99. The number of hydrogen-bond donors (Lipinski definition) is 4. The summed E-state index contributed by atoms with van der Waals surface area (Å²) in [6, 6.07) is 6.54. The number of Topliss-reactive ketones (excluding diaryl/α,β-unsaturated/α-hetero) is 1. The molecule has 9 nitrogen and oxygen atoms in total. The second kappa shape index (κ2) is 11.9. The predicted molar refractivity (Wildman–Crippen MR) is 97.2 cm³/mol. The van der Waals surface area contributed by atoms with Crippen molar-refractivity contribution in [2.45, 2.75) is 19.1 Å². The van der Waals surface area contributed by atoms with Crippen LogP contribution in [-0.4, -0.2) is 29.4 Å². The molecule has 0 aliphatic carbocycles. The molecule has 0 aliphatic heterocycles. The summed E-state index contributed by atoms with van der Waals surface area (Å²) < 4.78 is 0. The van der Waals surface area contributed by atoms with Crippen molar-refractivity contribution in [2.75, 3.05) is 6.61 Å². The minimum Gasteiger partial charge on any atom is -0.411 e. The Bertz CT molecular complexity index is 730. The number of rotatable bonds is 12. The zero-order chi connectivity index (χ0) is 20.2. The third-order valence-electron chi connectivity index (χ3n) is 3.63. The van der Waals surface area contributed by atoms with Gasteiger partial charge in [0.1, 0.15) is 12.7 Å². The van der Waals surface area contributed by atoms with Gasteiger partial charge < -0.3 is 9.94 Å². The van der Waals surface area contributed by atoms with Gasteiger partial charge in [-0.25, -0.2) is 11.8 Å². The Morgan fingerprint density at radius 3 is 2.48 bits per heavy atom. The minimum absolute atomic E-state index is 0.0174. The summed E-state index contributed by atoms with van der Waals surface area (Å²) in [5.74, 6) is 14.4. The molecular weight excluding hydrogens is 354 g/mol. The van der Waals surface area contributed by atoms with Crippen LogP contribution in [0.2, 0.25) is 0 Å². The van der Waals surface area contributed by atoms with E-state index in [0.29, 0.717) is 11.1 Å². The fourth-order valence-electron chi connectivity index (χ4n) is 2.30. The molecule has 27 heavy (non-hydrogen) atoms. The Morgan fingerprint density at radius 2 is 1.93 bits per heavy atom. The number of ketones is 2. The van der Waals surface area contributed by atoms with E-state index in [4.69, 9.17) is 22.5 Å². The van der Waals surface area contributed by atoms with Crippen LogP contribution in [0.4, 0.5) is 0 Å². The van der Waals surface area contributed by atoms with Crippen LogP contribution in [0, 0.1) is 0 Å². The van der Waals surface area contributed by atoms with Crippen LogP contribution >= 0.6 is 0 Å². The Balaban J connectivity index is 3.17. The van der Waals surface area contributed by atoms with Crippen molar-refractivity contribution in [1.29, 1.82) is 0 Å². The Morgan fingerprint density at radius 1 is 1.22 bits per heavy atom. The first-order valence-electron chi connectivity index (χ1n) is 7.85. The van der Waals surface area contributed by atoms with Gasteiger partial charge >= 0.3 is 0 Å². The van der Waals surface area contributed by atoms with Crippen LogP contribution in [0.3, 0.4) is 0 Å². The van der Waals surface area contributed by atoms with Gasteiger partial charge in [-0.2, -0.15) is 5.90 Å². The Labute approximate surface area is 156 Å². The van der Waals surface area contributed by atoms with Crippen molar-refractivity contribution >= 4 is 11.6 Å². The number of hydrogen-bond acceptors (Lipinski definition) is 9. The monoisotopic (exact) mass is 377 g/mol. The largest absolute Gasteiger partial charge is 0.411 e. The van der Waals surface area contributed by atoms with Gasteiger partial charge in [-0.3, -0.25) is 19.3 Å². The van der Waals surface area contributed by atoms with Crippen LogP contribution in [-0.2, 0) is 25.9 Å². The lowest BCUT2D eigenvalue weighted by molar-refractivity contribution is -0.135. The molecule has 0 saturated heterocycles. The SMILES string of the molecule is C=C/C=C(CC(ON)C(=O)CON)\C(=C\C(=O)c1ccccc1CO)ON. The van der Waals surface area contributed by atoms with Gasteiger partial charge in [0.15, 0.2) is 17.3 Å². The zero-order valence-electron chi connectivity index (χ0n) is 14.7. The van der Waals surface area contributed by atoms with E-state index in [1.54, 1.807) is 24.3 Å². The molecule has 1 rings (SSSR count). The summed E-state index contributed by atoms with van der Waals surface area (Å²) in [4.78, 5) is 38.2. The number of carbonyl (C=O) groups is 2. The van der Waals surface area contributed by atoms with Gasteiger partial charge in [-0.1, -0.05) is 43.0 Å². The maximum atomic E-state index is 12.6. The van der Waals surface area contributed by atoms with Crippen molar-refractivity contribution in [3.63, 3.8) is 0 Å². The van der Waals surface area contributed by atoms with Gasteiger partial charge in [-0.05, 0) is 11.1 Å². The Kier molecular flexibility index (Phi) is 9.83. The minimum atomic E-state index is -1.10. The van der Waals surface area contributed by atoms with Crippen LogP contribution < -0.4 is 17.7 Å². The molecule has 0 saturated carbocycles. The normalized spacial score (nSPS) is 13.2. The molecule has 0 aromatic heterocycles. The maximum Gasteiger partial charge on any atom is 0.191 e. The van der Waals surface area contributed by atoms with E-state index in [9.17, 15) is 14.7 Å². The highest BCUT2D eigenvalue weighted by atomic mass is 16.6. The molecule has 0 spiro atoms. The van der Waals surface area contributed by atoms with Gasteiger partial charge in [0.2, 0.25) is 0 Å². The molecule has 7 N–H and O–H groups in total. The number of nitrogens with two attached hydrogens (primary N) is 3. The molecule has 9 heteroatoms. The van der Waals surface area contributed by atoms with Crippen LogP contribution in [0.25, 0.3) is 0 Å². The molecule has 1 atom stereocenters. The zero-order valence-corrected chi connectivity index (χ0v) is 14.7. The Hall–Kier alpha value is -2.66. The van der Waals surface area contributed by atoms with Gasteiger partial charge in [-0.15, -0.1) is 0 Å². The number of aliphatic hydroxyl groups excluding tert-OH is 1. The highest BCUT2D eigenvalue weighted by Crippen LogP contribution is 2.20. The lowest BCUT2D eigenvalue weighted by Crippen LogP contribution is -2.32. The fraction of sp³-hybridized carbons (Fsp3) is 0.222. The molecule has 1 aromatic rings. The van der Waals surface area contributed by atoms with E-state index in [1.165, 1.54) is 12.2 Å². The van der Waals surface area contributed by atoms with E-state index in [0.717, 1.165) is 6.08 Å². The van der Waals surface area contributed by atoms with Crippen LogP contribution in [0.1, 0.15) is 22.3 Å². The highest BCUT2D eigenvalue weighted by molar-refractivity contribution is 6.06. The topological polar surface area (TPSA) is 160 Å². The molecule has 0 fully saturated rings. The van der Waals surface area contributed by atoms with Crippen molar-refractivity contribution in [1.82, 2.24) is 0 Å². The smallest absolute Gasteiger partial charge is 0.191 e. The van der Waals surface area contributed by atoms with Crippen molar-refractivity contribution in [3.8, 4) is 0 Å². The summed E-state index contributed by atoms with van der Waals surface area (Å²) in [6.07, 6.45) is 2.89. The first-order chi connectivity index (χ1) is 13.0. The number of aliphatic hydroxyl groups is 1. The first kappa shape index (κ1) is 22.4. The third-order valence-corrected chi connectivity index (χ3v) is 3.63. The molecule has 0 bridgehead atoms. The van der Waals surface area contributed by atoms with E-state index >= 15 is 0 Å². The number of carbonyl (C=O) groups excluding carboxylic acids is 2. The molecule has 0 radical (unpaired) electrons. The molecule has 0 amide bonds. The molecule has 1 unspecified atom stereocenters. The third kappa shape index (κ3) is 6.53. The van der Waals surface area contributed by atoms with Gasteiger partial charge in [0.25, 0.3) is 0 Å². The molecule has 0 aliphatic rings. The quantitative estimate of drug-likeness (QED) is 0.132. The van der Waals surface area contributed by atoms with Crippen LogP contribution in [0.5, 0.6) is 0 Å². The van der Waals surface area contributed by atoms with E-state index in [-0.39, 0.29) is 24.4 Å². The van der Waals surface area contributed by atoms with E-state index in [2.05, 4.69) is 16.3 Å². The second-order valence-corrected chi connectivity index (χ2v) is 5.34.